The lowest BCUT2D eigenvalue weighted by Gasteiger charge is -2.22. The highest BCUT2D eigenvalue weighted by atomic mass is 16.2. The number of carbonyl (C=O) groups is 1. The van der Waals surface area contributed by atoms with Crippen LogP contribution in [-0.2, 0) is 4.79 Å². The molecular weight excluding hydrogens is 164 g/mol. The van der Waals surface area contributed by atoms with E-state index in [-0.39, 0.29) is 11.4 Å². The van der Waals surface area contributed by atoms with Gasteiger partial charge in [0, 0.05) is 18.6 Å². The normalized spacial score (nSPS) is 18.8. The van der Waals surface area contributed by atoms with Crippen molar-refractivity contribution in [2.24, 2.45) is 0 Å². The number of amides is 1. The average Bonchev–Trinajstić information content (AvgIpc) is 2.79. The molecule has 1 rings (SSSR count). The Morgan fingerprint density at radius 1 is 1.54 bits per heavy atom. The first kappa shape index (κ1) is 10.5. The van der Waals surface area contributed by atoms with Crippen LogP contribution in [0.25, 0.3) is 0 Å². The van der Waals surface area contributed by atoms with Crippen molar-refractivity contribution in [2.45, 2.75) is 45.2 Å². The fourth-order valence-electron chi connectivity index (χ4n) is 1.07. The molecule has 13 heavy (non-hydrogen) atoms. The van der Waals surface area contributed by atoms with Crippen LogP contribution in [0.3, 0.4) is 0 Å². The second-order valence-electron chi connectivity index (χ2n) is 4.51. The van der Waals surface area contributed by atoms with E-state index in [9.17, 15) is 4.79 Å². The lowest BCUT2D eigenvalue weighted by molar-refractivity contribution is -0.130. The van der Waals surface area contributed by atoms with Crippen LogP contribution in [0.5, 0.6) is 0 Å². The van der Waals surface area contributed by atoms with E-state index in [2.05, 4.69) is 12.2 Å². The molecule has 1 amide bonds. The summed E-state index contributed by atoms with van der Waals surface area (Å²) in [5.41, 5.74) is 0.257. The maximum Gasteiger partial charge on any atom is 0.236 e. The van der Waals surface area contributed by atoms with E-state index in [0.29, 0.717) is 12.6 Å². The molecule has 0 spiro atoms. The van der Waals surface area contributed by atoms with Crippen LogP contribution in [0, 0.1) is 0 Å². The first-order valence-corrected chi connectivity index (χ1v) is 4.95. The smallest absolute Gasteiger partial charge is 0.236 e. The molecule has 1 saturated carbocycles. The number of rotatable bonds is 4. The predicted molar refractivity (Wildman–Crippen MR) is 53.5 cm³/mol. The molecule has 1 aliphatic rings. The molecule has 0 aromatic rings. The standard InChI is InChI=1S/C10H20N2O/c1-8(2)12(4)9(13)7-11-10(3)5-6-10/h8,11H,5-7H2,1-4H3. The molecule has 0 saturated heterocycles. The van der Waals surface area contributed by atoms with Crippen molar-refractivity contribution in [1.29, 1.82) is 0 Å². The topological polar surface area (TPSA) is 32.3 Å². The summed E-state index contributed by atoms with van der Waals surface area (Å²) in [4.78, 5) is 13.3. The van der Waals surface area contributed by atoms with Gasteiger partial charge in [0.1, 0.15) is 0 Å². The fraction of sp³-hybridized carbons (Fsp3) is 0.900. The molecule has 1 aliphatic carbocycles. The Bertz CT molecular complexity index is 197. The van der Waals surface area contributed by atoms with Crippen molar-refractivity contribution in [3.05, 3.63) is 0 Å². The van der Waals surface area contributed by atoms with E-state index in [1.54, 1.807) is 4.90 Å². The summed E-state index contributed by atoms with van der Waals surface area (Å²) in [6, 6.07) is 0.293. The Morgan fingerprint density at radius 2 is 2.08 bits per heavy atom. The van der Waals surface area contributed by atoms with Crippen molar-refractivity contribution in [1.82, 2.24) is 10.2 Å². The van der Waals surface area contributed by atoms with Crippen LogP contribution < -0.4 is 5.32 Å². The van der Waals surface area contributed by atoms with Gasteiger partial charge in [0.15, 0.2) is 0 Å². The zero-order valence-electron chi connectivity index (χ0n) is 9.05. The third kappa shape index (κ3) is 2.99. The van der Waals surface area contributed by atoms with Gasteiger partial charge in [-0.25, -0.2) is 0 Å². The molecule has 3 heteroatoms. The van der Waals surface area contributed by atoms with Gasteiger partial charge < -0.3 is 10.2 Å². The van der Waals surface area contributed by atoms with Gasteiger partial charge in [0.2, 0.25) is 5.91 Å². The first-order valence-electron chi connectivity index (χ1n) is 4.95. The third-order valence-electron chi connectivity index (χ3n) is 2.83. The van der Waals surface area contributed by atoms with Crippen molar-refractivity contribution < 1.29 is 4.79 Å². The molecule has 0 atom stereocenters. The number of nitrogens with zero attached hydrogens (tertiary/aromatic N) is 1. The van der Waals surface area contributed by atoms with Crippen LogP contribution in [0.4, 0.5) is 0 Å². The summed E-state index contributed by atoms with van der Waals surface area (Å²) in [7, 11) is 1.85. The third-order valence-corrected chi connectivity index (χ3v) is 2.83. The summed E-state index contributed by atoms with van der Waals surface area (Å²) >= 11 is 0. The summed E-state index contributed by atoms with van der Waals surface area (Å²) in [6.07, 6.45) is 2.40. The molecule has 3 nitrogen and oxygen atoms in total. The maximum atomic E-state index is 11.5. The molecule has 76 valence electrons. The van der Waals surface area contributed by atoms with Gasteiger partial charge in [0.25, 0.3) is 0 Å². The summed E-state index contributed by atoms with van der Waals surface area (Å²) in [5.74, 6) is 0.183. The van der Waals surface area contributed by atoms with Gasteiger partial charge in [-0.2, -0.15) is 0 Å². The van der Waals surface area contributed by atoms with Crippen molar-refractivity contribution >= 4 is 5.91 Å². The van der Waals surface area contributed by atoms with Crippen LogP contribution >= 0.6 is 0 Å². The minimum Gasteiger partial charge on any atom is -0.342 e. The first-order chi connectivity index (χ1) is 5.94. The minimum atomic E-state index is 0.183. The second kappa shape index (κ2) is 3.66. The minimum absolute atomic E-state index is 0.183. The molecule has 0 radical (unpaired) electrons. The van der Waals surface area contributed by atoms with Gasteiger partial charge in [-0.15, -0.1) is 0 Å². The zero-order chi connectivity index (χ0) is 10.1. The number of carbonyl (C=O) groups excluding carboxylic acids is 1. The molecule has 0 bridgehead atoms. The van der Waals surface area contributed by atoms with Crippen LogP contribution in [0.15, 0.2) is 0 Å². The van der Waals surface area contributed by atoms with Crippen LogP contribution in [0.2, 0.25) is 0 Å². The van der Waals surface area contributed by atoms with Gasteiger partial charge in [0.05, 0.1) is 6.54 Å². The Morgan fingerprint density at radius 3 is 2.46 bits per heavy atom. The number of hydrogen-bond donors (Lipinski definition) is 1. The quantitative estimate of drug-likeness (QED) is 0.707. The van der Waals surface area contributed by atoms with Crippen LogP contribution in [-0.4, -0.2) is 36.0 Å². The number of nitrogens with one attached hydrogen (secondary N) is 1. The highest BCUT2D eigenvalue weighted by molar-refractivity contribution is 5.78. The Balaban J connectivity index is 2.24. The number of hydrogen-bond acceptors (Lipinski definition) is 2. The molecule has 0 heterocycles. The molecule has 0 aromatic heterocycles. The zero-order valence-corrected chi connectivity index (χ0v) is 9.05. The van der Waals surface area contributed by atoms with Gasteiger partial charge >= 0.3 is 0 Å². The van der Waals surface area contributed by atoms with Crippen molar-refractivity contribution in [3.8, 4) is 0 Å². The Labute approximate surface area is 80.5 Å². The predicted octanol–water partition coefficient (Wildman–Crippen LogP) is 0.995. The highest BCUT2D eigenvalue weighted by Gasteiger charge is 2.37. The molecule has 0 aliphatic heterocycles. The van der Waals surface area contributed by atoms with Gasteiger partial charge in [-0.1, -0.05) is 0 Å². The largest absolute Gasteiger partial charge is 0.342 e. The highest BCUT2D eigenvalue weighted by Crippen LogP contribution is 2.33. The summed E-state index contributed by atoms with van der Waals surface area (Å²) < 4.78 is 0. The lowest BCUT2D eigenvalue weighted by Crippen LogP contribution is -2.42. The van der Waals surface area contributed by atoms with E-state index in [0.717, 1.165) is 0 Å². The second-order valence-corrected chi connectivity index (χ2v) is 4.51. The van der Waals surface area contributed by atoms with Crippen molar-refractivity contribution in [3.63, 3.8) is 0 Å². The van der Waals surface area contributed by atoms with E-state index in [4.69, 9.17) is 0 Å². The van der Waals surface area contributed by atoms with E-state index in [1.165, 1.54) is 12.8 Å². The monoisotopic (exact) mass is 184 g/mol. The van der Waals surface area contributed by atoms with Gasteiger partial charge in [-0.3, -0.25) is 4.79 Å². The van der Waals surface area contributed by atoms with E-state index < -0.39 is 0 Å². The van der Waals surface area contributed by atoms with Crippen molar-refractivity contribution in [2.75, 3.05) is 13.6 Å². The van der Waals surface area contributed by atoms with Crippen LogP contribution in [0.1, 0.15) is 33.6 Å². The SMILES string of the molecule is CC(C)N(C)C(=O)CNC1(C)CC1. The molecule has 0 aromatic carbocycles. The van der Waals surface area contributed by atoms with E-state index in [1.807, 2.05) is 20.9 Å². The Kier molecular flexibility index (Phi) is 2.96. The Hall–Kier alpha value is -0.570. The fourth-order valence-corrected chi connectivity index (χ4v) is 1.07. The summed E-state index contributed by atoms with van der Waals surface area (Å²) in [5, 5.41) is 3.28. The molecule has 1 fully saturated rings. The maximum absolute atomic E-state index is 11.5. The summed E-state index contributed by atoms with van der Waals surface area (Å²) in [6.45, 7) is 6.69. The molecular formula is C10H20N2O. The molecule has 0 unspecified atom stereocenters. The molecule has 1 N–H and O–H groups in total. The van der Waals surface area contributed by atoms with E-state index >= 15 is 0 Å². The van der Waals surface area contributed by atoms with Gasteiger partial charge in [-0.05, 0) is 33.6 Å². The lowest BCUT2D eigenvalue weighted by atomic mass is 10.3. The average molecular weight is 184 g/mol. The number of likely N-dealkylation sites (N-methyl/N-ethyl adjacent to an activating group) is 1.